The van der Waals surface area contributed by atoms with Crippen LogP contribution in [0.3, 0.4) is 0 Å². The number of likely N-dealkylation sites (N-methyl/N-ethyl adjacent to an activating group) is 1. The van der Waals surface area contributed by atoms with Crippen LogP contribution in [-0.2, 0) is 33.2 Å². The van der Waals surface area contributed by atoms with Gasteiger partial charge in [0.1, 0.15) is 47.2 Å². The molecule has 0 unspecified atom stereocenters. The van der Waals surface area contributed by atoms with E-state index in [1.165, 1.54) is 34.2 Å². The van der Waals surface area contributed by atoms with Crippen molar-refractivity contribution in [3.05, 3.63) is 83.9 Å². The molecule has 6 rings (SSSR count). The predicted octanol–water partition coefficient (Wildman–Crippen LogP) is 9.26. The van der Waals surface area contributed by atoms with Crippen molar-refractivity contribution >= 4 is 29.1 Å². The fraction of sp³-hybridized carbons (Fsp3) is 0.725. The van der Waals surface area contributed by atoms with Gasteiger partial charge in [0, 0.05) is 38.1 Å². The second-order valence-corrected chi connectivity index (χ2v) is 30.5. The highest BCUT2D eigenvalue weighted by Gasteiger charge is 2.53. The minimum atomic E-state index is -1.98. The van der Waals surface area contributed by atoms with Gasteiger partial charge in [-0.25, -0.2) is 0 Å². The number of hydrogen-bond acceptors (Lipinski definition) is 15. The van der Waals surface area contributed by atoms with E-state index in [0.717, 1.165) is 63.3 Å². The van der Waals surface area contributed by atoms with E-state index in [4.69, 9.17) is 33.2 Å². The molecule has 3 aromatic rings. The van der Waals surface area contributed by atoms with Crippen LogP contribution in [0.5, 0.6) is 5.75 Å². The molecule has 3 aliphatic rings. The lowest BCUT2D eigenvalue weighted by atomic mass is 9.75. The molecule has 3 aliphatic heterocycles. The van der Waals surface area contributed by atoms with Crippen LogP contribution in [0.1, 0.15) is 157 Å². The lowest BCUT2D eigenvalue weighted by Gasteiger charge is -2.48. The summed E-state index contributed by atoms with van der Waals surface area (Å²) in [5.74, 6) is -1.70. The fourth-order valence-corrected chi connectivity index (χ4v) is 18.6. The van der Waals surface area contributed by atoms with Crippen LogP contribution in [0.2, 0.25) is 0 Å². The van der Waals surface area contributed by atoms with Gasteiger partial charge in [0.25, 0.3) is 0 Å². The summed E-state index contributed by atoms with van der Waals surface area (Å²) in [4.78, 5) is 19.1. The Kier molecular flexibility index (Phi) is 26.3. The van der Waals surface area contributed by atoms with Gasteiger partial charge in [0.2, 0.25) is 0 Å². The Bertz CT molecular complexity index is 2420. The molecule has 0 saturated carbocycles. The normalized spacial score (nSPS) is 35.0. The molecule has 3 saturated heterocycles. The van der Waals surface area contributed by atoms with Crippen molar-refractivity contribution in [3.63, 3.8) is 0 Å². The highest BCUT2D eigenvalue weighted by atomic mass is 31.2. The molecule has 85 heavy (non-hydrogen) atoms. The molecule has 3 aromatic carbocycles. The van der Waals surface area contributed by atoms with Crippen molar-refractivity contribution in [2.75, 3.05) is 54.2 Å². The van der Waals surface area contributed by atoms with Gasteiger partial charge >= 0.3 is 5.97 Å². The quantitative estimate of drug-likeness (QED) is 0.0343. The highest BCUT2D eigenvalue weighted by molar-refractivity contribution is 7.95. The van der Waals surface area contributed by atoms with E-state index < -0.39 is 110 Å². The number of rotatable bonds is 23. The Morgan fingerprint density at radius 2 is 1.27 bits per heavy atom. The van der Waals surface area contributed by atoms with Gasteiger partial charge in [-0.1, -0.05) is 95.2 Å². The zero-order valence-corrected chi connectivity index (χ0v) is 55.6. The first-order valence-electron chi connectivity index (χ1n) is 32.0. The number of aryl methyl sites for hydroxylation is 2. The number of esters is 1. The fourth-order valence-electron chi connectivity index (χ4n) is 14.2. The summed E-state index contributed by atoms with van der Waals surface area (Å²) in [6.45, 7) is 23.6. The lowest BCUT2D eigenvalue weighted by Crippen LogP contribution is -2.60. The standard InChI is InChI=1S/C69H112N2O13P/c1-17-58-67(10,44-72)62(74)51(8)71(38-24-22-20-18-19-21-23-25-39-85(54-32-26-45(2)27-33-54,55-34-28-46(3)29-35-55)56-36-30-53(78-15)31-37-56)43-47(4)41-68(11,77)64(84-66-60(73)57(70(13)14)40-48(5)80-66)49(6)61(50(7)65(76)82-58)83-59-42-69(12,79-16)63(75)52(9)81-59/h26-37,47-52,57-64,66,72-75,77H,17-25,38-44H2,1-16H3/q+1/t47-,48-,49+,50-,51-,52+,57+,58-,59+,60-,61+,62-,63+,64-,66+,67-,68-,69-/m1/s1. The molecule has 18 atom stereocenters. The van der Waals surface area contributed by atoms with Crippen molar-refractivity contribution in [2.24, 2.45) is 23.2 Å². The zero-order valence-electron chi connectivity index (χ0n) is 54.7. The predicted molar refractivity (Wildman–Crippen MR) is 341 cm³/mol. The van der Waals surface area contributed by atoms with Crippen LogP contribution < -0.4 is 20.7 Å². The van der Waals surface area contributed by atoms with Crippen LogP contribution in [0.25, 0.3) is 0 Å². The van der Waals surface area contributed by atoms with Crippen molar-refractivity contribution in [2.45, 2.75) is 245 Å². The molecule has 0 bridgehead atoms. The van der Waals surface area contributed by atoms with E-state index in [0.29, 0.717) is 25.9 Å². The Morgan fingerprint density at radius 1 is 0.729 bits per heavy atom. The van der Waals surface area contributed by atoms with E-state index in [-0.39, 0.29) is 30.9 Å². The summed E-state index contributed by atoms with van der Waals surface area (Å²) >= 11 is 0. The molecular weight excluding hydrogens is 1100 g/mol. The third kappa shape index (κ3) is 17.2. The number of methoxy groups -OCH3 is 2. The van der Waals surface area contributed by atoms with E-state index in [1.54, 1.807) is 41.7 Å². The topological polar surface area (TPSA) is 189 Å². The van der Waals surface area contributed by atoms with Crippen molar-refractivity contribution in [1.82, 2.24) is 9.80 Å². The first kappa shape index (κ1) is 71.0. The van der Waals surface area contributed by atoms with Gasteiger partial charge in [-0.3, -0.25) is 9.69 Å². The SMILES string of the molecule is CC[C@H]1OC(=O)[C@H](C)[C@@H](O[C@H]2C[C@@](C)(OC)[C@@H](O)[C@H](C)O2)[C@H](C)[C@@H](O[C@@H]2O[C@H](C)C[C@H](N(C)C)[C@H]2O)[C@](C)(O)C[C@@H](C)CN(CCCCCCCCCC[P+](c2ccc(C)cc2)(c2ccc(C)cc2)c2ccc(OC)cc2)[C@H](C)[C@@H](O)[C@]1(C)CO. The van der Waals surface area contributed by atoms with Crippen molar-refractivity contribution in [1.29, 1.82) is 0 Å². The second-order valence-electron chi connectivity index (χ2n) is 26.9. The van der Waals surface area contributed by atoms with Crippen LogP contribution in [0, 0.1) is 37.0 Å². The van der Waals surface area contributed by atoms with Crippen molar-refractivity contribution < 1.29 is 63.5 Å². The third-order valence-electron chi connectivity index (χ3n) is 19.7. The summed E-state index contributed by atoms with van der Waals surface area (Å²) in [5, 5.41) is 64.3. The van der Waals surface area contributed by atoms with Crippen LogP contribution in [-0.4, -0.2) is 180 Å². The van der Waals surface area contributed by atoms with Gasteiger partial charge in [-0.05, 0) is 169 Å². The van der Waals surface area contributed by atoms with Crippen LogP contribution in [0.4, 0.5) is 0 Å². The second kappa shape index (κ2) is 31.6. The van der Waals surface area contributed by atoms with E-state index in [2.05, 4.69) is 98.5 Å². The third-order valence-corrected chi connectivity index (χ3v) is 24.2. The highest BCUT2D eigenvalue weighted by Crippen LogP contribution is 2.56. The van der Waals surface area contributed by atoms with Gasteiger partial charge in [0.15, 0.2) is 12.6 Å². The first-order valence-corrected chi connectivity index (χ1v) is 34.0. The molecule has 0 amide bonds. The molecule has 5 N–H and O–H groups in total. The molecule has 0 aliphatic carbocycles. The maximum absolute atomic E-state index is 14.9. The summed E-state index contributed by atoms with van der Waals surface area (Å²) in [6.07, 6.45) is 1.80. The van der Waals surface area contributed by atoms with Gasteiger partial charge in [-0.2, -0.15) is 0 Å². The summed E-state index contributed by atoms with van der Waals surface area (Å²) in [5.41, 5.74) is -1.38. The molecule has 3 heterocycles. The molecule has 16 heteroatoms. The minimum Gasteiger partial charge on any atom is -0.497 e. The maximum Gasteiger partial charge on any atom is 0.311 e. The van der Waals surface area contributed by atoms with Gasteiger partial charge in [0.05, 0.1) is 72.9 Å². The van der Waals surface area contributed by atoms with Gasteiger partial charge in [-0.15, -0.1) is 0 Å². The van der Waals surface area contributed by atoms with Gasteiger partial charge < -0.3 is 63.6 Å². The van der Waals surface area contributed by atoms with Crippen LogP contribution >= 0.6 is 7.26 Å². The number of unbranched alkanes of at least 4 members (excludes halogenated alkanes) is 7. The first-order chi connectivity index (χ1) is 40.2. The number of ether oxygens (including phenoxy) is 7. The number of nitrogens with zero attached hydrogens (tertiary/aromatic N) is 2. The Morgan fingerprint density at radius 3 is 1.79 bits per heavy atom. The zero-order chi connectivity index (χ0) is 62.6. The summed E-state index contributed by atoms with van der Waals surface area (Å²) < 4.78 is 44.5. The van der Waals surface area contributed by atoms with E-state index in [1.807, 2.05) is 46.7 Å². The number of cyclic esters (lactones) is 1. The summed E-state index contributed by atoms with van der Waals surface area (Å²) in [6, 6.07) is 26.4. The lowest BCUT2D eigenvalue weighted by molar-refractivity contribution is -0.318. The summed E-state index contributed by atoms with van der Waals surface area (Å²) in [7, 11) is 5.09. The van der Waals surface area contributed by atoms with Crippen molar-refractivity contribution in [3.8, 4) is 5.75 Å². The molecule has 480 valence electrons. The molecule has 15 nitrogen and oxygen atoms in total. The van der Waals surface area contributed by atoms with E-state index >= 15 is 0 Å². The Labute approximate surface area is 512 Å². The molecule has 3 fully saturated rings. The monoisotopic (exact) mass is 1210 g/mol. The largest absolute Gasteiger partial charge is 0.497 e. The molecule has 0 aromatic heterocycles. The number of carbonyl (C=O) groups excluding carboxylic acids is 1. The molecule has 0 spiro atoms. The van der Waals surface area contributed by atoms with E-state index in [9.17, 15) is 30.3 Å². The number of aliphatic hydroxyl groups is 5. The van der Waals surface area contributed by atoms with Crippen LogP contribution in [0.15, 0.2) is 72.8 Å². The minimum absolute atomic E-state index is 0.129. The smallest absolute Gasteiger partial charge is 0.311 e. The number of benzene rings is 3. The molecular formula is C69H112N2O13P+. The number of aliphatic hydroxyl groups excluding tert-OH is 4. The molecule has 0 radical (unpaired) electrons. The maximum atomic E-state index is 14.9. The number of carbonyl (C=O) groups is 1. The average Bonchev–Trinajstić information content (AvgIpc) is 3.46. The average molecular weight is 1210 g/mol. The Hall–Kier alpha value is -3.12. The Balaban J connectivity index is 1.20. The number of hydrogen-bond donors (Lipinski definition) is 5.